The Morgan fingerprint density at radius 1 is 0.406 bits per heavy atom. The molecule has 0 aliphatic heterocycles. The summed E-state index contributed by atoms with van der Waals surface area (Å²) in [7, 11) is 0. The van der Waals surface area contributed by atoms with Crippen molar-refractivity contribution in [2.24, 2.45) is 5.92 Å². The topological polar surface area (TPSA) is 3.24 Å². The summed E-state index contributed by atoms with van der Waals surface area (Å²) in [5.74, 6) is 0.675. The fourth-order valence-corrected chi connectivity index (χ4v) is 11.6. The minimum Gasteiger partial charge on any atom is -0.309 e. The van der Waals surface area contributed by atoms with Gasteiger partial charge in [-0.3, -0.25) is 0 Å². The lowest BCUT2D eigenvalue weighted by Gasteiger charge is -2.34. The number of anilines is 3. The van der Waals surface area contributed by atoms with Crippen molar-refractivity contribution >= 4 is 27.8 Å². The molecule has 0 N–H and O–H groups in total. The lowest BCUT2D eigenvalue weighted by atomic mass is 9.68. The summed E-state index contributed by atoms with van der Waals surface area (Å²) in [5, 5.41) is 2.50. The maximum Gasteiger partial charge on any atom is 0.0540 e. The van der Waals surface area contributed by atoms with E-state index in [1.165, 1.54) is 83.1 Å². The minimum absolute atomic E-state index is 0.104. The molecule has 9 aromatic carbocycles. The first-order valence-electron chi connectivity index (χ1n) is 22.8. The second-order valence-corrected chi connectivity index (χ2v) is 18.6. The van der Waals surface area contributed by atoms with Crippen molar-refractivity contribution < 1.29 is 0 Å². The van der Waals surface area contributed by atoms with E-state index in [0.717, 1.165) is 17.1 Å². The Labute approximate surface area is 377 Å². The molecule has 0 heterocycles. The predicted molar refractivity (Wildman–Crippen MR) is 270 cm³/mol. The fourth-order valence-electron chi connectivity index (χ4n) is 11.6. The molecule has 12 rings (SSSR count). The van der Waals surface area contributed by atoms with Gasteiger partial charge in [0, 0.05) is 39.5 Å². The van der Waals surface area contributed by atoms with Crippen LogP contribution in [0.15, 0.2) is 231 Å². The molecule has 9 aromatic rings. The van der Waals surface area contributed by atoms with Crippen molar-refractivity contribution in [1.29, 1.82) is 0 Å². The van der Waals surface area contributed by atoms with Crippen LogP contribution in [0.2, 0.25) is 0 Å². The summed E-state index contributed by atoms with van der Waals surface area (Å²) in [6.07, 6.45) is 9.32. The molecule has 0 saturated carbocycles. The monoisotopic (exact) mass is 819 g/mol. The fraction of sp³-hybridized carbons (Fsp3) is 0.111. The van der Waals surface area contributed by atoms with Crippen molar-refractivity contribution in [2.75, 3.05) is 4.90 Å². The number of para-hydroxylation sites is 2. The molecule has 0 spiro atoms. The zero-order valence-electron chi connectivity index (χ0n) is 36.5. The van der Waals surface area contributed by atoms with Crippen LogP contribution < -0.4 is 4.90 Å². The highest BCUT2D eigenvalue weighted by Crippen LogP contribution is 2.58. The third-order valence-electron chi connectivity index (χ3n) is 14.9. The zero-order chi connectivity index (χ0) is 43.0. The molecule has 306 valence electrons. The van der Waals surface area contributed by atoms with Crippen LogP contribution in [0.1, 0.15) is 54.5 Å². The Kier molecular flexibility index (Phi) is 8.85. The molecule has 0 saturated heterocycles. The Balaban J connectivity index is 1.06. The summed E-state index contributed by atoms with van der Waals surface area (Å²) in [6.45, 7) is 7.20. The van der Waals surface area contributed by atoms with E-state index in [-0.39, 0.29) is 10.8 Å². The number of nitrogens with zero attached hydrogens (tertiary/aromatic N) is 1. The first-order valence-corrected chi connectivity index (χ1v) is 22.8. The highest BCUT2D eigenvalue weighted by Gasteiger charge is 2.48. The maximum atomic E-state index is 2.51. The van der Waals surface area contributed by atoms with Crippen molar-refractivity contribution in [3.05, 3.63) is 258 Å². The number of allylic oxidation sites excluding steroid dienone is 4. The average Bonchev–Trinajstić information content (AvgIpc) is 3.76. The molecule has 3 unspecified atom stereocenters. The van der Waals surface area contributed by atoms with E-state index in [4.69, 9.17) is 0 Å². The maximum absolute atomic E-state index is 2.51. The van der Waals surface area contributed by atoms with Gasteiger partial charge in [-0.2, -0.15) is 0 Å². The Morgan fingerprint density at radius 3 is 1.83 bits per heavy atom. The van der Waals surface area contributed by atoms with Gasteiger partial charge in [-0.25, -0.2) is 0 Å². The average molecular weight is 820 g/mol. The third-order valence-corrected chi connectivity index (χ3v) is 14.9. The third kappa shape index (κ3) is 5.84. The molecular formula is C63H49N. The van der Waals surface area contributed by atoms with Crippen LogP contribution >= 0.6 is 0 Å². The number of hydrogen-bond acceptors (Lipinski definition) is 1. The summed E-state index contributed by atoms with van der Waals surface area (Å²) < 4.78 is 0. The van der Waals surface area contributed by atoms with E-state index >= 15 is 0 Å². The normalized spacial score (nSPS) is 18.6. The molecule has 3 atom stereocenters. The van der Waals surface area contributed by atoms with Crippen LogP contribution in [0.25, 0.3) is 55.3 Å². The Bertz CT molecular complexity index is 3330. The summed E-state index contributed by atoms with van der Waals surface area (Å²) in [5.41, 5.74) is 20.0. The van der Waals surface area contributed by atoms with E-state index in [9.17, 15) is 0 Å². The van der Waals surface area contributed by atoms with Crippen molar-refractivity contribution in [2.45, 2.75) is 37.5 Å². The number of fused-ring (bicyclic) bond motifs is 7. The van der Waals surface area contributed by atoms with E-state index in [0.29, 0.717) is 11.8 Å². The largest absolute Gasteiger partial charge is 0.309 e. The Morgan fingerprint density at radius 2 is 1.02 bits per heavy atom. The molecule has 3 aliphatic rings. The van der Waals surface area contributed by atoms with E-state index in [2.05, 4.69) is 256 Å². The highest BCUT2D eigenvalue weighted by atomic mass is 15.1. The van der Waals surface area contributed by atoms with Gasteiger partial charge in [-0.05, 0) is 108 Å². The van der Waals surface area contributed by atoms with Gasteiger partial charge in [0.2, 0.25) is 0 Å². The van der Waals surface area contributed by atoms with Crippen molar-refractivity contribution in [1.82, 2.24) is 0 Å². The van der Waals surface area contributed by atoms with Crippen LogP contribution in [-0.2, 0) is 10.8 Å². The van der Waals surface area contributed by atoms with Gasteiger partial charge in [0.25, 0.3) is 0 Å². The van der Waals surface area contributed by atoms with Crippen molar-refractivity contribution in [3.8, 4) is 44.5 Å². The van der Waals surface area contributed by atoms with E-state index in [1.54, 1.807) is 0 Å². The number of benzene rings is 9. The number of rotatable bonds is 7. The molecular weight excluding hydrogens is 771 g/mol. The second-order valence-electron chi connectivity index (χ2n) is 18.6. The first-order chi connectivity index (χ1) is 31.4. The summed E-state index contributed by atoms with van der Waals surface area (Å²) in [6, 6.07) is 77.0. The molecule has 0 fully saturated rings. The van der Waals surface area contributed by atoms with Crippen LogP contribution in [0.4, 0.5) is 17.1 Å². The predicted octanol–water partition coefficient (Wildman–Crippen LogP) is 16.8. The zero-order valence-corrected chi connectivity index (χ0v) is 36.5. The van der Waals surface area contributed by atoms with Gasteiger partial charge in [-0.1, -0.05) is 215 Å². The molecule has 1 heteroatoms. The molecule has 0 bridgehead atoms. The molecule has 0 amide bonds. The van der Waals surface area contributed by atoms with Gasteiger partial charge in [0.15, 0.2) is 0 Å². The van der Waals surface area contributed by atoms with Gasteiger partial charge < -0.3 is 4.90 Å². The van der Waals surface area contributed by atoms with Crippen LogP contribution in [0, 0.1) is 5.92 Å². The SMILES string of the molecule is CC1(C)c2ccccc2-c2c(-c3ccccc3N(c3ccc(-c4ccc5ccccc5c4)cc3)c3ccccc3-c3ccc4c(c3)C(C)(c3ccccc3)C3C=CC=CC43)cccc21. The van der Waals surface area contributed by atoms with Gasteiger partial charge in [0.05, 0.1) is 11.4 Å². The smallest absolute Gasteiger partial charge is 0.0540 e. The number of hydrogen-bond donors (Lipinski definition) is 0. The standard InChI is InChI=1S/C63H49N/c1-62(2)55-27-13-10-25-54(55)61-53(26-17-29-57(61)62)52-24-12-16-31-60(52)64(48-37-34-43(35-38-48)45-33-32-42-18-7-8-19-44(42)40-45)59-30-15-11-22-49(59)46-36-39-51-50-23-9-14-28-56(50)63(3,58(51)41-46)47-20-5-4-6-21-47/h4-41,50,56H,1-3H3. The quantitative estimate of drug-likeness (QED) is 0.155. The van der Waals surface area contributed by atoms with E-state index < -0.39 is 0 Å². The van der Waals surface area contributed by atoms with Crippen LogP contribution in [0.3, 0.4) is 0 Å². The lowest BCUT2D eigenvalue weighted by Crippen LogP contribution is -2.30. The van der Waals surface area contributed by atoms with Gasteiger partial charge >= 0.3 is 0 Å². The minimum atomic E-state index is -0.184. The summed E-state index contributed by atoms with van der Waals surface area (Å²) >= 11 is 0. The highest BCUT2D eigenvalue weighted by molar-refractivity contribution is 6.00. The van der Waals surface area contributed by atoms with Crippen molar-refractivity contribution in [3.63, 3.8) is 0 Å². The van der Waals surface area contributed by atoms with Crippen LogP contribution in [0.5, 0.6) is 0 Å². The molecule has 0 radical (unpaired) electrons. The Hall–Kier alpha value is -7.48. The van der Waals surface area contributed by atoms with Crippen LogP contribution in [-0.4, -0.2) is 0 Å². The van der Waals surface area contributed by atoms with E-state index in [1.807, 2.05) is 0 Å². The summed E-state index contributed by atoms with van der Waals surface area (Å²) in [4.78, 5) is 2.51. The molecule has 0 aromatic heterocycles. The molecule has 1 nitrogen and oxygen atoms in total. The molecule has 64 heavy (non-hydrogen) atoms. The van der Waals surface area contributed by atoms with Gasteiger partial charge in [-0.15, -0.1) is 0 Å². The van der Waals surface area contributed by atoms with Gasteiger partial charge in [0.1, 0.15) is 0 Å². The first kappa shape index (κ1) is 38.2. The lowest BCUT2D eigenvalue weighted by molar-refractivity contribution is 0.426. The second kappa shape index (κ2) is 14.8. The molecule has 3 aliphatic carbocycles.